The Hall–Kier alpha value is -1.14. The first-order valence-electron chi connectivity index (χ1n) is 17.9. The molecule has 0 spiro atoms. The van der Waals surface area contributed by atoms with E-state index in [4.69, 9.17) is 18.9 Å². The molecule has 4 aliphatic rings. The van der Waals surface area contributed by atoms with Crippen LogP contribution in [0, 0.1) is 29.1 Å². The van der Waals surface area contributed by atoms with Crippen LogP contribution in [0.4, 0.5) is 0 Å². The third-order valence-corrected chi connectivity index (χ3v) is 11.5. The number of likely N-dealkylation sites (N-methyl/N-ethyl adjacent to an activating group) is 2. The average Bonchev–Trinajstić information content (AvgIpc) is 3.82. The molecule has 46 heavy (non-hydrogen) atoms. The normalized spacial score (nSPS) is 39.8. The number of aliphatic hydroxyl groups excluding tert-OH is 1. The molecule has 3 heterocycles. The lowest BCUT2D eigenvalue weighted by atomic mass is 9.74. The summed E-state index contributed by atoms with van der Waals surface area (Å²) in [5, 5.41) is 11.3. The smallest absolute Gasteiger partial charge is 0.319 e. The average molecular weight is 652 g/mol. The van der Waals surface area contributed by atoms with Crippen LogP contribution in [0.15, 0.2) is 0 Å². The first-order valence-corrected chi connectivity index (χ1v) is 17.9. The number of hydrogen-bond donors (Lipinski definition) is 1. The Morgan fingerprint density at radius 3 is 2.26 bits per heavy atom. The molecule has 10 nitrogen and oxygen atoms in total. The Bertz CT molecular complexity index is 1010. The number of carbonyl (C=O) groups excluding carboxylic acids is 2. The fourth-order valence-electron chi connectivity index (χ4n) is 8.29. The Morgan fingerprint density at radius 1 is 1.02 bits per heavy atom. The van der Waals surface area contributed by atoms with Crippen molar-refractivity contribution in [3.63, 3.8) is 0 Å². The maximum Gasteiger partial charge on any atom is 0.319 e. The number of aliphatic hydroxyl groups is 1. The highest BCUT2D eigenvalue weighted by atomic mass is 16.7. The summed E-state index contributed by atoms with van der Waals surface area (Å²) in [5.74, 6) is 0.159. The summed E-state index contributed by atoms with van der Waals surface area (Å²) >= 11 is 0. The molecular formula is C36H65N3O7. The van der Waals surface area contributed by atoms with Crippen LogP contribution >= 0.6 is 0 Å². The summed E-state index contributed by atoms with van der Waals surface area (Å²) in [6.07, 6.45) is 4.57. The lowest BCUT2D eigenvalue weighted by molar-refractivity contribution is -0.295. The zero-order valence-electron chi connectivity index (χ0n) is 30.5. The number of nitrogens with zero attached hydrogens (tertiary/aromatic N) is 3. The van der Waals surface area contributed by atoms with Gasteiger partial charge < -0.3 is 33.9 Å². The zero-order valence-corrected chi connectivity index (χ0v) is 30.5. The Kier molecular flexibility index (Phi) is 12.8. The molecule has 0 aromatic rings. The fourth-order valence-corrected chi connectivity index (χ4v) is 8.29. The largest absolute Gasteiger partial charge is 0.463 e. The third kappa shape index (κ3) is 9.10. The van der Waals surface area contributed by atoms with E-state index >= 15 is 0 Å². The molecular weight excluding hydrogens is 586 g/mol. The lowest BCUT2D eigenvalue weighted by Gasteiger charge is -2.47. The fraction of sp³-hybridized carbons (Fsp3) is 0.944. The van der Waals surface area contributed by atoms with E-state index in [1.165, 1.54) is 32.2 Å². The molecule has 1 aliphatic carbocycles. The van der Waals surface area contributed by atoms with Crippen LogP contribution in [0.2, 0.25) is 0 Å². The first-order chi connectivity index (χ1) is 21.5. The van der Waals surface area contributed by atoms with Gasteiger partial charge in [0, 0.05) is 38.2 Å². The van der Waals surface area contributed by atoms with Gasteiger partial charge in [0.15, 0.2) is 12.1 Å². The van der Waals surface area contributed by atoms with Crippen molar-refractivity contribution in [2.75, 3.05) is 61.0 Å². The molecule has 4 rings (SSSR count). The molecule has 0 bridgehead atoms. The van der Waals surface area contributed by atoms with Gasteiger partial charge in [0.05, 0.1) is 17.8 Å². The SMILES string of the molecule is CO[C@]1(C)C[C@@H](C)CN(C)[C@H](CC2CCN(CC3CC3)CC2)COC(=O)C(C)(C)C(=O)[C@H](C)[C@H]1O[C@@H]1O[C@H](C)C[C@H](N(C)C)[C@H]1O. The Morgan fingerprint density at radius 2 is 1.67 bits per heavy atom. The highest BCUT2D eigenvalue weighted by Gasteiger charge is 2.51. The maximum atomic E-state index is 14.2. The molecule has 266 valence electrons. The molecule has 0 amide bonds. The number of ether oxygens (including phenoxy) is 4. The van der Waals surface area contributed by atoms with Crippen LogP contribution in [0.3, 0.4) is 0 Å². The number of cyclic esters (lactones) is 1. The van der Waals surface area contributed by atoms with E-state index < -0.39 is 41.4 Å². The summed E-state index contributed by atoms with van der Waals surface area (Å²) in [6.45, 7) is 15.9. The molecule has 10 heteroatoms. The van der Waals surface area contributed by atoms with E-state index in [1.54, 1.807) is 27.9 Å². The number of likely N-dealkylation sites (tertiary alicyclic amines) is 1. The number of piperidine rings is 1. The van der Waals surface area contributed by atoms with Crippen molar-refractivity contribution >= 4 is 11.8 Å². The minimum absolute atomic E-state index is 0.0616. The van der Waals surface area contributed by atoms with Crippen LogP contribution in [-0.4, -0.2) is 135 Å². The van der Waals surface area contributed by atoms with E-state index in [9.17, 15) is 14.7 Å². The van der Waals surface area contributed by atoms with Crippen molar-refractivity contribution in [1.82, 2.24) is 14.7 Å². The molecule has 0 aromatic heterocycles. The van der Waals surface area contributed by atoms with Gasteiger partial charge in [-0.25, -0.2) is 0 Å². The number of ketones is 1. The van der Waals surface area contributed by atoms with Crippen molar-refractivity contribution < 1.29 is 33.6 Å². The van der Waals surface area contributed by atoms with Crippen LogP contribution in [0.1, 0.15) is 86.5 Å². The molecule has 4 fully saturated rings. The highest BCUT2D eigenvalue weighted by Crippen LogP contribution is 2.39. The van der Waals surface area contributed by atoms with Crippen molar-refractivity contribution in [2.24, 2.45) is 29.1 Å². The molecule has 0 aromatic carbocycles. The highest BCUT2D eigenvalue weighted by molar-refractivity contribution is 6.04. The van der Waals surface area contributed by atoms with Gasteiger partial charge in [-0.2, -0.15) is 0 Å². The monoisotopic (exact) mass is 651 g/mol. The second-order valence-corrected chi connectivity index (χ2v) is 16.3. The minimum atomic E-state index is -1.39. The lowest BCUT2D eigenvalue weighted by Crippen LogP contribution is -2.59. The van der Waals surface area contributed by atoms with Crippen LogP contribution < -0.4 is 0 Å². The van der Waals surface area contributed by atoms with Gasteiger partial charge in [-0.05, 0) is 125 Å². The van der Waals surface area contributed by atoms with Crippen molar-refractivity contribution in [2.45, 2.75) is 129 Å². The van der Waals surface area contributed by atoms with Gasteiger partial charge in [-0.3, -0.25) is 14.5 Å². The third-order valence-electron chi connectivity index (χ3n) is 11.5. The van der Waals surface area contributed by atoms with Gasteiger partial charge in [-0.1, -0.05) is 13.8 Å². The summed E-state index contributed by atoms with van der Waals surface area (Å²) in [5.41, 5.74) is -2.29. The number of Topliss-reactive ketones (excluding diaryl/α,β-unsaturated/α-hetero) is 1. The molecule has 0 unspecified atom stereocenters. The van der Waals surface area contributed by atoms with E-state index in [0.29, 0.717) is 18.8 Å². The van der Waals surface area contributed by atoms with Crippen LogP contribution in [0.25, 0.3) is 0 Å². The summed E-state index contributed by atoms with van der Waals surface area (Å²) < 4.78 is 25.1. The van der Waals surface area contributed by atoms with Crippen LogP contribution in [0.5, 0.6) is 0 Å². The number of hydrogen-bond acceptors (Lipinski definition) is 10. The predicted molar refractivity (Wildman–Crippen MR) is 178 cm³/mol. The molecule has 0 radical (unpaired) electrons. The quantitative estimate of drug-likeness (QED) is 0.308. The molecule has 1 N–H and O–H groups in total. The van der Waals surface area contributed by atoms with E-state index in [1.807, 2.05) is 32.8 Å². The van der Waals surface area contributed by atoms with Gasteiger partial charge in [0.2, 0.25) is 0 Å². The number of esters is 1. The van der Waals surface area contributed by atoms with Gasteiger partial charge in [0.1, 0.15) is 18.1 Å². The molecule has 3 aliphatic heterocycles. The summed E-state index contributed by atoms with van der Waals surface area (Å²) in [6, 6.07) is -0.101. The standard InChI is InChI=1S/C36H65N3O7/c1-23-19-36(6,43-10)32(46-33-30(40)29(37(7)8)17-24(2)45-33)25(3)31(41)35(4,5)34(42)44-22-28(38(9)20-23)18-26-13-15-39(16-14-26)21-27-11-12-27/h23-30,32-33,40H,11-22H2,1-10H3/t23-,24-,25+,28-,29+,30-,32-,33+,36-/m1/s1. The first kappa shape index (κ1) is 37.7. The number of carbonyl (C=O) groups is 2. The predicted octanol–water partition coefficient (Wildman–Crippen LogP) is 3.83. The molecule has 3 saturated heterocycles. The second kappa shape index (κ2) is 15.6. The minimum Gasteiger partial charge on any atom is -0.463 e. The summed E-state index contributed by atoms with van der Waals surface area (Å²) in [7, 11) is 7.65. The van der Waals surface area contributed by atoms with E-state index in [-0.39, 0.29) is 36.5 Å². The van der Waals surface area contributed by atoms with Crippen LogP contribution in [-0.2, 0) is 28.5 Å². The number of rotatable bonds is 8. The Labute approximate surface area is 278 Å². The second-order valence-electron chi connectivity index (χ2n) is 16.3. The van der Waals surface area contributed by atoms with Crippen molar-refractivity contribution in [3.05, 3.63) is 0 Å². The zero-order chi connectivity index (χ0) is 34.0. The van der Waals surface area contributed by atoms with Crippen molar-refractivity contribution in [3.8, 4) is 0 Å². The van der Waals surface area contributed by atoms with E-state index in [2.05, 4.69) is 23.8 Å². The van der Waals surface area contributed by atoms with Crippen molar-refractivity contribution in [1.29, 1.82) is 0 Å². The van der Waals surface area contributed by atoms with Gasteiger partial charge >= 0.3 is 5.97 Å². The summed E-state index contributed by atoms with van der Waals surface area (Å²) in [4.78, 5) is 34.9. The van der Waals surface area contributed by atoms with Gasteiger partial charge in [0.25, 0.3) is 0 Å². The van der Waals surface area contributed by atoms with E-state index in [0.717, 1.165) is 32.0 Å². The van der Waals surface area contributed by atoms with Gasteiger partial charge in [-0.15, -0.1) is 0 Å². The Balaban J connectivity index is 1.56. The molecule has 9 atom stereocenters. The molecule has 1 saturated carbocycles. The topological polar surface area (TPSA) is 101 Å². The number of methoxy groups -OCH3 is 1. The maximum absolute atomic E-state index is 14.2.